The van der Waals surface area contributed by atoms with E-state index in [4.69, 9.17) is 0 Å². The number of piperazine rings is 1. The van der Waals surface area contributed by atoms with Crippen LogP contribution >= 0.6 is 0 Å². The molecule has 5 atom stereocenters. The molecule has 3 aromatic carbocycles. The van der Waals surface area contributed by atoms with E-state index in [1.807, 2.05) is 129 Å². The van der Waals surface area contributed by atoms with Gasteiger partial charge in [-0.3, -0.25) is 32.5 Å². The minimum Gasteiger partial charge on any atom is -0.392 e. The number of β-amino-alcohol motifs (C(OH)–C–C–N with tert-alkyl or cyclic N) is 1. The van der Waals surface area contributed by atoms with Crippen LogP contribution in [0.4, 0.5) is 60.4 Å². The molecule has 26 nitrogen and oxygen atoms in total. The number of halogens is 2. The predicted octanol–water partition coefficient (Wildman–Crippen LogP) is 10.4. The largest absolute Gasteiger partial charge is 0.392 e. The van der Waals surface area contributed by atoms with Gasteiger partial charge in [0.05, 0.1) is 123 Å². The molecule has 0 spiro atoms. The maximum Gasteiger partial charge on any atom is 0.254 e. The zero-order chi connectivity index (χ0) is 76.8. The molecule has 2 aliphatic carbocycles. The smallest absolute Gasteiger partial charge is 0.254 e. The van der Waals surface area contributed by atoms with Crippen LogP contribution in [0.2, 0.25) is 0 Å². The molecule has 576 valence electrons. The Bertz CT molecular complexity index is 5410. The van der Waals surface area contributed by atoms with Crippen molar-refractivity contribution in [3.8, 4) is 33.8 Å². The van der Waals surface area contributed by atoms with E-state index in [-0.39, 0.29) is 41.6 Å². The first-order valence-electron chi connectivity index (χ1n) is 39.0. The molecule has 9 aromatic heterocycles. The molecule has 4 saturated heterocycles. The van der Waals surface area contributed by atoms with Crippen LogP contribution in [-0.4, -0.2) is 183 Å². The second kappa shape index (κ2) is 29.3. The van der Waals surface area contributed by atoms with Crippen molar-refractivity contribution in [2.75, 3.05) is 110 Å². The number of carbonyl (C=O) groups excluding carboxylic acids is 3. The van der Waals surface area contributed by atoms with E-state index >= 15 is 0 Å². The molecule has 0 radical (unpaired) electrons. The number of aliphatic hydroxyl groups excluding tert-OH is 2. The fourth-order valence-corrected chi connectivity index (χ4v) is 18.4. The van der Waals surface area contributed by atoms with E-state index in [9.17, 15) is 38.5 Å². The van der Waals surface area contributed by atoms with Crippen LogP contribution in [0.1, 0.15) is 86.3 Å². The van der Waals surface area contributed by atoms with Gasteiger partial charge in [0.25, 0.3) is 17.7 Å². The average molecular weight is 1520 g/mol. The number of nitrogens with zero attached hydrogens (tertiary/aromatic N) is 14. The monoisotopic (exact) mass is 1520 g/mol. The summed E-state index contributed by atoms with van der Waals surface area (Å²) in [5.74, 6) is 2.28. The third-order valence-electron chi connectivity index (χ3n) is 24.6. The Morgan fingerprint density at radius 1 is 0.442 bits per heavy atom. The Labute approximate surface area is 649 Å². The number of aromatic nitrogens is 9. The number of hydrogen-bond acceptors (Lipinski definition) is 20. The minimum atomic E-state index is -0.627. The predicted molar refractivity (Wildman–Crippen MR) is 427 cm³/mol. The molecule has 6 fully saturated rings. The highest BCUT2D eigenvalue weighted by Crippen LogP contribution is 2.44. The summed E-state index contributed by atoms with van der Waals surface area (Å²) < 4.78 is 32.9. The number of imidazole rings is 3. The summed E-state index contributed by atoms with van der Waals surface area (Å²) in [6, 6.07) is 35.1. The highest BCUT2D eigenvalue weighted by molar-refractivity contribution is 6.08. The second-order valence-electron chi connectivity index (χ2n) is 31.5. The molecule has 16 heterocycles. The van der Waals surface area contributed by atoms with Crippen LogP contribution in [0, 0.1) is 35.3 Å². The number of piperidine rings is 3. The third kappa shape index (κ3) is 13.7. The van der Waals surface area contributed by atoms with Crippen LogP contribution < -0.4 is 46.6 Å². The molecule has 9 aliphatic rings. The fourth-order valence-electron chi connectivity index (χ4n) is 18.4. The minimum absolute atomic E-state index is 0.0906. The van der Waals surface area contributed by atoms with Gasteiger partial charge >= 0.3 is 0 Å². The summed E-state index contributed by atoms with van der Waals surface area (Å²) in [5.41, 5.74) is 16.3. The Kier molecular flexibility index (Phi) is 18.5. The molecule has 3 unspecified atom stereocenters. The molecule has 2 saturated carbocycles. The van der Waals surface area contributed by atoms with Gasteiger partial charge in [-0.15, -0.1) is 0 Å². The van der Waals surface area contributed by atoms with Crippen molar-refractivity contribution in [3.05, 3.63) is 216 Å². The summed E-state index contributed by atoms with van der Waals surface area (Å²) in [7, 11) is 2.16. The number of pyridine rings is 6. The summed E-state index contributed by atoms with van der Waals surface area (Å²) in [6.07, 6.45) is 21.6. The number of anilines is 9. The standard InChI is InChI=1S/C31H36N8O2.2C27H25FN6O2/c1-36-14-16-37(17-15-36)21-31(41)9-12-38(13-10-31)22-5-8-27(32-18-22)35-25-7-6-23(24-19-34-30(40)29(24)25)26-20-33-28-4-2-3-11-39(26)28;2*28-17-7-8-34-22(12-30-24(34)9-17)19-4-5-21(25-20(19)11-31-27(25)36)32-23-6-3-18(10-29-23)33-13-15-1-2-16(14-33)26(15)35/h2-8,11,18,20,41H,9-10,12-17,19,21H2,1H3,(H,32,35)(H,34,40);2*3-10,12,15-16,26,35H,1-2,11,13-14H2,(H,29,32)(H,31,36)/t;15-,16+,26?;. The van der Waals surface area contributed by atoms with Gasteiger partial charge < -0.3 is 66.8 Å². The highest BCUT2D eigenvalue weighted by Gasteiger charge is 2.43. The van der Waals surface area contributed by atoms with Gasteiger partial charge in [0.2, 0.25) is 0 Å². The first kappa shape index (κ1) is 71.4. The average Bonchev–Trinajstić information content (AvgIpc) is 1.64. The molecule has 9 N–H and O–H groups in total. The van der Waals surface area contributed by atoms with Crippen LogP contribution in [0.15, 0.2) is 171 Å². The Morgan fingerprint density at radius 2 is 0.832 bits per heavy atom. The molecule has 12 aromatic rings. The molecular formula is C85H86F2N20O6. The molecule has 21 rings (SSSR count). The summed E-state index contributed by atoms with van der Waals surface area (Å²) in [4.78, 5) is 77.2. The number of carbonyl (C=O) groups is 3. The Balaban J connectivity index is 0.000000114. The van der Waals surface area contributed by atoms with Crippen molar-refractivity contribution in [3.63, 3.8) is 0 Å². The number of fused-ring (bicyclic) bond motifs is 10. The lowest BCUT2D eigenvalue weighted by molar-refractivity contribution is -0.0250. The molecular weight excluding hydrogens is 1440 g/mol. The number of hydrogen-bond donors (Lipinski definition) is 9. The van der Waals surface area contributed by atoms with Crippen LogP contribution in [0.25, 0.3) is 50.7 Å². The Hall–Kier alpha value is -12.0. The molecule has 4 bridgehead atoms. The molecule has 3 amide bonds. The van der Waals surface area contributed by atoms with Crippen molar-refractivity contribution >= 4 is 86.2 Å². The van der Waals surface area contributed by atoms with E-state index < -0.39 is 5.60 Å². The van der Waals surface area contributed by atoms with Gasteiger partial charge in [-0.1, -0.05) is 24.3 Å². The second-order valence-corrected chi connectivity index (χ2v) is 31.5. The van der Waals surface area contributed by atoms with Gasteiger partial charge in [-0.25, -0.2) is 38.7 Å². The number of aliphatic hydroxyl groups is 3. The maximum absolute atomic E-state index is 13.6. The van der Waals surface area contributed by atoms with Gasteiger partial charge in [0.1, 0.15) is 46.0 Å². The maximum atomic E-state index is 13.6. The van der Waals surface area contributed by atoms with E-state index in [0.717, 1.165) is 189 Å². The zero-order valence-electron chi connectivity index (χ0n) is 62.4. The quantitative estimate of drug-likeness (QED) is 0.0489. The molecule has 7 aliphatic heterocycles. The number of benzene rings is 3. The van der Waals surface area contributed by atoms with E-state index in [2.05, 4.69) is 99.4 Å². The normalized spacial score (nSPS) is 21.5. The van der Waals surface area contributed by atoms with E-state index in [1.165, 1.54) is 24.3 Å². The number of amides is 3. The number of nitrogens with one attached hydrogen (secondary N) is 6. The highest BCUT2D eigenvalue weighted by atomic mass is 19.1. The van der Waals surface area contributed by atoms with Crippen molar-refractivity contribution in [1.29, 1.82) is 0 Å². The first-order valence-corrected chi connectivity index (χ1v) is 39.0. The van der Waals surface area contributed by atoms with Gasteiger partial charge in [0.15, 0.2) is 0 Å². The van der Waals surface area contributed by atoms with Gasteiger partial charge in [-0.2, -0.15) is 0 Å². The van der Waals surface area contributed by atoms with Gasteiger partial charge in [-0.05, 0) is 141 Å². The van der Waals surface area contributed by atoms with Crippen LogP contribution in [0.3, 0.4) is 0 Å². The van der Waals surface area contributed by atoms with Gasteiger partial charge in [0, 0.05) is 163 Å². The van der Waals surface area contributed by atoms with E-state index in [1.54, 1.807) is 24.8 Å². The number of likely N-dealkylation sites (N-methyl/N-ethyl adjacent to an activating group) is 1. The zero-order valence-corrected chi connectivity index (χ0v) is 62.4. The van der Waals surface area contributed by atoms with Crippen LogP contribution in [-0.2, 0) is 19.6 Å². The molecule has 28 heteroatoms. The fraction of sp³-hybridized carbons (Fsp3) is 0.329. The SMILES string of the molecule is CN1CCN(CC2(O)CCN(c3ccc(Nc4ccc(-c5cnc6ccccn56)c5c4C(=O)NC5)nc3)CC2)CC1.O=C1NCc2c(-c3cnc4cc(F)ccn34)ccc(Nc3ccc(N4CC5CCC(C4)C5O)cn3)c21.O=C1NCc2c(-c3cnc4cc(F)ccn34)ccc(Nc3ccc(N4C[C@H]5CC[C@@H](C4)C5O)cn3)c21. The topological polar surface area (TPSA) is 291 Å². The molecule has 113 heavy (non-hydrogen) atoms. The van der Waals surface area contributed by atoms with Crippen molar-refractivity contribution < 1.29 is 38.5 Å². The van der Waals surface area contributed by atoms with E-state index in [0.29, 0.717) is 100 Å². The van der Waals surface area contributed by atoms with Crippen molar-refractivity contribution in [1.82, 2.24) is 68.9 Å². The van der Waals surface area contributed by atoms with Crippen molar-refractivity contribution in [2.45, 2.75) is 76.0 Å². The lowest BCUT2D eigenvalue weighted by atomic mass is 9.90. The lowest BCUT2D eigenvalue weighted by Gasteiger charge is -2.43. The Morgan fingerprint density at radius 3 is 1.23 bits per heavy atom. The number of rotatable bonds is 14. The van der Waals surface area contributed by atoms with Crippen molar-refractivity contribution in [2.24, 2.45) is 23.7 Å². The van der Waals surface area contributed by atoms with Crippen LogP contribution in [0.5, 0.6) is 0 Å². The summed E-state index contributed by atoms with van der Waals surface area (Å²) in [5, 5.41) is 50.7. The third-order valence-corrected chi connectivity index (χ3v) is 24.6. The summed E-state index contributed by atoms with van der Waals surface area (Å²) in [6.45, 7) is 11.2. The lowest BCUT2D eigenvalue weighted by Crippen LogP contribution is -2.54. The first-order chi connectivity index (χ1) is 55.0. The summed E-state index contributed by atoms with van der Waals surface area (Å²) >= 11 is 0.